The molecule has 3 heteroatoms. The minimum absolute atomic E-state index is 0.328. The first-order valence-corrected chi connectivity index (χ1v) is 6.21. The van der Waals surface area contributed by atoms with E-state index in [9.17, 15) is 4.79 Å². The predicted molar refractivity (Wildman–Crippen MR) is 61.0 cm³/mol. The molecule has 0 aromatic rings. The van der Waals surface area contributed by atoms with Gasteiger partial charge in [-0.3, -0.25) is 4.90 Å². The minimum atomic E-state index is 0.328. The fourth-order valence-corrected chi connectivity index (χ4v) is 2.81. The fraction of sp³-hybridized carbons (Fsp3) is 0.917. The Labute approximate surface area is 92.4 Å². The fourth-order valence-electron chi connectivity index (χ4n) is 2.81. The third kappa shape index (κ3) is 3.02. The van der Waals surface area contributed by atoms with Gasteiger partial charge in [-0.15, -0.1) is 0 Å². The Morgan fingerprint density at radius 1 is 1.33 bits per heavy atom. The van der Waals surface area contributed by atoms with Gasteiger partial charge in [-0.25, -0.2) is 0 Å². The highest BCUT2D eigenvalue weighted by Gasteiger charge is 2.29. The van der Waals surface area contributed by atoms with Gasteiger partial charge in [0.15, 0.2) is 0 Å². The second-order valence-corrected chi connectivity index (χ2v) is 4.94. The average molecular weight is 210 g/mol. The van der Waals surface area contributed by atoms with Gasteiger partial charge in [0, 0.05) is 32.1 Å². The molecule has 0 N–H and O–H groups in total. The lowest BCUT2D eigenvalue weighted by atomic mass is 10.1. The number of carbonyl (C=O) groups is 1. The summed E-state index contributed by atoms with van der Waals surface area (Å²) in [4.78, 5) is 16.0. The summed E-state index contributed by atoms with van der Waals surface area (Å²) in [7, 11) is 0. The van der Waals surface area contributed by atoms with Crippen LogP contribution in [0.5, 0.6) is 0 Å². The van der Waals surface area contributed by atoms with Crippen molar-refractivity contribution >= 4 is 5.78 Å². The lowest BCUT2D eigenvalue weighted by molar-refractivity contribution is -0.117. The van der Waals surface area contributed by atoms with E-state index >= 15 is 0 Å². The zero-order valence-corrected chi connectivity index (χ0v) is 9.74. The Hall–Kier alpha value is -0.410. The van der Waals surface area contributed by atoms with E-state index in [1.165, 1.54) is 39.0 Å². The van der Waals surface area contributed by atoms with Crippen molar-refractivity contribution in [1.82, 2.24) is 9.80 Å². The van der Waals surface area contributed by atoms with Crippen molar-refractivity contribution in [3.05, 3.63) is 0 Å². The molecular formula is C12H22N2O. The maximum absolute atomic E-state index is 10.8. The molecule has 2 fully saturated rings. The summed E-state index contributed by atoms with van der Waals surface area (Å²) in [6.45, 7) is 7.79. The molecule has 1 unspecified atom stereocenters. The smallest absolute Gasteiger partial charge is 0.129 e. The maximum Gasteiger partial charge on any atom is 0.129 e. The topological polar surface area (TPSA) is 23.6 Å². The van der Waals surface area contributed by atoms with E-state index in [0.29, 0.717) is 5.78 Å². The standard InChI is InChI=1S/C12H22N2O/c1-11(15)4-2-6-13-8-9-14-7-3-5-12(14)10-13/h12H,2-10H2,1H3. The van der Waals surface area contributed by atoms with E-state index in [0.717, 1.165) is 25.4 Å². The summed E-state index contributed by atoms with van der Waals surface area (Å²) in [5.41, 5.74) is 0. The van der Waals surface area contributed by atoms with Gasteiger partial charge >= 0.3 is 0 Å². The van der Waals surface area contributed by atoms with Gasteiger partial charge in [-0.2, -0.15) is 0 Å². The Balaban J connectivity index is 1.68. The Bertz CT molecular complexity index is 230. The van der Waals surface area contributed by atoms with Crippen LogP contribution in [0, 0.1) is 0 Å². The molecular weight excluding hydrogens is 188 g/mol. The average Bonchev–Trinajstić information content (AvgIpc) is 2.64. The van der Waals surface area contributed by atoms with Gasteiger partial charge in [0.1, 0.15) is 5.78 Å². The number of nitrogens with zero attached hydrogens (tertiary/aromatic N) is 2. The van der Waals surface area contributed by atoms with Crippen LogP contribution in [0.4, 0.5) is 0 Å². The molecule has 2 aliphatic rings. The van der Waals surface area contributed by atoms with Crippen LogP contribution in [0.3, 0.4) is 0 Å². The van der Waals surface area contributed by atoms with Crippen LogP contribution in [0.1, 0.15) is 32.6 Å². The molecule has 0 aromatic carbocycles. The summed E-state index contributed by atoms with van der Waals surface area (Å²) in [5, 5.41) is 0. The molecule has 2 rings (SSSR count). The number of fused-ring (bicyclic) bond motifs is 1. The maximum atomic E-state index is 10.8. The van der Waals surface area contributed by atoms with E-state index in [-0.39, 0.29) is 0 Å². The Kier molecular flexibility index (Phi) is 3.76. The van der Waals surface area contributed by atoms with Crippen molar-refractivity contribution in [3.8, 4) is 0 Å². The van der Waals surface area contributed by atoms with Gasteiger partial charge < -0.3 is 9.69 Å². The van der Waals surface area contributed by atoms with Gasteiger partial charge in [0.05, 0.1) is 0 Å². The second kappa shape index (κ2) is 5.08. The van der Waals surface area contributed by atoms with E-state index in [1.807, 2.05) is 0 Å². The monoisotopic (exact) mass is 210 g/mol. The summed E-state index contributed by atoms with van der Waals surface area (Å²) in [5.74, 6) is 0.328. The first kappa shape index (κ1) is 11.1. The van der Waals surface area contributed by atoms with Gasteiger partial charge in [0.2, 0.25) is 0 Å². The van der Waals surface area contributed by atoms with Gasteiger partial charge in [-0.1, -0.05) is 0 Å². The highest BCUT2D eigenvalue weighted by atomic mass is 16.1. The number of piperazine rings is 1. The number of Topliss-reactive ketones (excluding diaryl/α,β-unsaturated/α-hetero) is 1. The highest BCUT2D eigenvalue weighted by Crippen LogP contribution is 2.21. The van der Waals surface area contributed by atoms with Crippen LogP contribution in [0.25, 0.3) is 0 Å². The van der Waals surface area contributed by atoms with Crippen LogP contribution >= 0.6 is 0 Å². The van der Waals surface area contributed by atoms with E-state index in [2.05, 4.69) is 9.80 Å². The third-order valence-corrected chi connectivity index (χ3v) is 3.67. The summed E-state index contributed by atoms with van der Waals surface area (Å²) in [6.07, 6.45) is 4.56. The molecule has 2 aliphatic heterocycles. The SMILES string of the molecule is CC(=O)CCCN1CCN2CCCC2C1. The minimum Gasteiger partial charge on any atom is -0.300 e. The zero-order chi connectivity index (χ0) is 10.7. The first-order valence-electron chi connectivity index (χ1n) is 6.21. The van der Waals surface area contributed by atoms with Crippen LogP contribution in [-0.4, -0.2) is 54.3 Å². The molecule has 86 valence electrons. The molecule has 0 aliphatic carbocycles. The van der Waals surface area contributed by atoms with Crippen molar-refractivity contribution in [2.45, 2.75) is 38.6 Å². The summed E-state index contributed by atoms with van der Waals surface area (Å²) >= 11 is 0. The van der Waals surface area contributed by atoms with Crippen molar-refractivity contribution in [2.75, 3.05) is 32.7 Å². The molecule has 0 saturated carbocycles. The van der Waals surface area contributed by atoms with Crippen molar-refractivity contribution in [3.63, 3.8) is 0 Å². The first-order chi connectivity index (χ1) is 7.25. The molecule has 2 saturated heterocycles. The molecule has 0 bridgehead atoms. The molecule has 0 spiro atoms. The Morgan fingerprint density at radius 2 is 2.20 bits per heavy atom. The molecule has 0 amide bonds. The summed E-state index contributed by atoms with van der Waals surface area (Å²) < 4.78 is 0. The van der Waals surface area contributed by atoms with E-state index in [4.69, 9.17) is 0 Å². The van der Waals surface area contributed by atoms with Crippen LogP contribution < -0.4 is 0 Å². The predicted octanol–water partition coefficient (Wildman–Crippen LogP) is 1.14. The molecule has 0 radical (unpaired) electrons. The lowest BCUT2D eigenvalue weighted by Crippen LogP contribution is -2.50. The number of rotatable bonds is 4. The second-order valence-electron chi connectivity index (χ2n) is 4.94. The zero-order valence-electron chi connectivity index (χ0n) is 9.74. The third-order valence-electron chi connectivity index (χ3n) is 3.67. The normalized spacial score (nSPS) is 27.9. The molecule has 15 heavy (non-hydrogen) atoms. The molecule has 2 heterocycles. The van der Waals surface area contributed by atoms with E-state index in [1.54, 1.807) is 6.92 Å². The van der Waals surface area contributed by atoms with Crippen LogP contribution in [0.2, 0.25) is 0 Å². The molecule has 0 aromatic heterocycles. The number of hydrogen-bond acceptors (Lipinski definition) is 3. The van der Waals surface area contributed by atoms with E-state index < -0.39 is 0 Å². The summed E-state index contributed by atoms with van der Waals surface area (Å²) in [6, 6.07) is 0.816. The molecule has 3 nitrogen and oxygen atoms in total. The number of hydrogen-bond donors (Lipinski definition) is 0. The van der Waals surface area contributed by atoms with Crippen LogP contribution in [0.15, 0.2) is 0 Å². The van der Waals surface area contributed by atoms with Crippen LogP contribution in [-0.2, 0) is 4.79 Å². The van der Waals surface area contributed by atoms with Crippen molar-refractivity contribution in [2.24, 2.45) is 0 Å². The van der Waals surface area contributed by atoms with Gasteiger partial charge in [-0.05, 0) is 39.3 Å². The van der Waals surface area contributed by atoms with Crippen molar-refractivity contribution < 1.29 is 4.79 Å². The van der Waals surface area contributed by atoms with Gasteiger partial charge in [0.25, 0.3) is 0 Å². The lowest BCUT2D eigenvalue weighted by Gasteiger charge is -2.37. The number of ketones is 1. The molecule has 1 atom stereocenters. The highest BCUT2D eigenvalue weighted by molar-refractivity contribution is 5.75. The Morgan fingerprint density at radius 3 is 3.00 bits per heavy atom. The largest absolute Gasteiger partial charge is 0.300 e. The quantitative estimate of drug-likeness (QED) is 0.695. The number of carbonyl (C=O) groups excluding carboxylic acids is 1. The van der Waals surface area contributed by atoms with Crippen molar-refractivity contribution in [1.29, 1.82) is 0 Å².